The van der Waals surface area contributed by atoms with Gasteiger partial charge in [-0.15, -0.1) is 0 Å². The Kier molecular flexibility index (Phi) is 3.73. The first-order valence-corrected chi connectivity index (χ1v) is 6.46. The van der Waals surface area contributed by atoms with E-state index in [9.17, 15) is 8.42 Å². The first kappa shape index (κ1) is 13.3. The molecule has 0 fully saturated rings. The number of alkyl halides is 3. The highest BCUT2D eigenvalue weighted by atomic mass is 35.6. The summed E-state index contributed by atoms with van der Waals surface area (Å²) >= 11 is 21.4. The Bertz CT molecular complexity index is 462. The molecule has 15 heavy (non-hydrogen) atoms. The van der Waals surface area contributed by atoms with Crippen LogP contribution in [0.1, 0.15) is 5.69 Å². The van der Waals surface area contributed by atoms with Gasteiger partial charge in [-0.05, 0) is 13.0 Å². The lowest BCUT2D eigenvalue weighted by molar-refractivity contribution is 0.586. The maximum Gasteiger partial charge on any atom is 0.300 e. The molecule has 84 valence electrons. The van der Waals surface area contributed by atoms with Gasteiger partial charge < -0.3 is 0 Å². The topological polar surface area (TPSA) is 59.9 Å². The summed E-state index contributed by atoms with van der Waals surface area (Å²) < 4.78 is 20.6. The van der Waals surface area contributed by atoms with Crippen LogP contribution in [0.4, 0.5) is 0 Å². The molecule has 4 nitrogen and oxygen atoms in total. The van der Waals surface area contributed by atoms with E-state index in [0.717, 1.165) is 0 Å². The fourth-order valence-corrected chi connectivity index (χ4v) is 2.33. The monoisotopic (exact) mass is 308 g/mol. The van der Waals surface area contributed by atoms with Crippen molar-refractivity contribution >= 4 is 56.2 Å². The fraction of sp³-hybridized carbons (Fsp3) is 0.333. The smallest absolute Gasteiger partial charge is 0.223 e. The fourth-order valence-electron chi connectivity index (χ4n) is 0.728. The second kappa shape index (κ2) is 4.22. The van der Waals surface area contributed by atoms with Crippen LogP contribution in [0, 0.1) is 6.92 Å². The molecule has 0 amide bonds. The Hall–Kier alpha value is 0.190. The number of sulfone groups is 1. The minimum Gasteiger partial charge on any atom is -0.223 e. The van der Waals surface area contributed by atoms with Gasteiger partial charge in [-0.1, -0.05) is 46.4 Å². The molecule has 1 aromatic rings. The summed E-state index contributed by atoms with van der Waals surface area (Å²) in [5.74, 6) is 0. The summed E-state index contributed by atoms with van der Waals surface area (Å²) in [6.45, 7) is 1.55. The number of rotatable bonds is 1. The Labute approximate surface area is 106 Å². The first-order valence-electron chi connectivity index (χ1n) is 3.47. The van der Waals surface area contributed by atoms with Crippen molar-refractivity contribution < 1.29 is 8.42 Å². The van der Waals surface area contributed by atoms with E-state index in [-0.39, 0.29) is 5.15 Å². The van der Waals surface area contributed by atoms with Gasteiger partial charge in [0.05, 0.1) is 0 Å². The van der Waals surface area contributed by atoms with Crippen LogP contribution >= 0.6 is 46.4 Å². The Morgan fingerprint density at radius 2 is 1.80 bits per heavy atom. The number of hydrogen-bond donors (Lipinski definition) is 0. The highest BCUT2D eigenvalue weighted by Gasteiger charge is 2.41. The van der Waals surface area contributed by atoms with Gasteiger partial charge in [0.15, 0.2) is 0 Å². The predicted molar refractivity (Wildman–Crippen MR) is 59.3 cm³/mol. The average Bonchev–Trinajstić information content (AvgIpc) is 1.99. The summed E-state index contributed by atoms with van der Waals surface area (Å²) in [5, 5.41) is -0.636. The molecule has 0 radical (unpaired) electrons. The molecule has 0 aliphatic carbocycles. The van der Waals surface area contributed by atoms with Crippen LogP contribution in [-0.2, 0) is 9.84 Å². The van der Waals surface area contributed by atoms with Gasteiger partial charge in [-0.25, -0.2) is 18.4 Å². The molecule has 1 aromatic heterocycles. The molecule has 1 heterocycles. The molecule has 0 unspecified atom stereocenters. The molecule has 0 aliphatic heterocycles. The van der Waals surface area contributed by atoms with Gasteiger partial charge in [0.2, 0.25) is 0 Å². The Morgan fingerprint density at radius 1 is 1.27 bits per heavy atom. The third kappa shape index (κ3) is 2.85. The standard InChI is InChI=1S/C6H4Cl4N2O2S/c1-3-2-4(7)12-5(11-3)15(13,14)6(8,9)10/h2H,1H3. The van der Waals surface area contributed by atoms with Gasteiger partial charge in [0.25, 0.3) is 18.1 Å². The quantitative estimate of drug-likeness (QED) is 0.454. The molecule has 0 N–H and O–H groups in total. The van der Waals surface area contributed by atoms with Crippen LogP contribution in [0.2, 0.25) is 5.15 Å². The molecule has 0 atom stereocenters. The van der Waals surface area contributed by atoms with Crippen LogP contribution in [0.15, 0.2) is 11.2 Å². The molecule has 9 heteroatoms. The Balaban J connectivity index is 3.41. The minimum atomic E-state index is -4.23. The molecule has 0 saturated carbocycles. The van der Waals surface area contributed by atoms with Crippen molar-refractivity contribution in [2.24, 2.45) is 0 Å². The van der Waals surface area contributed by atoms with Crippen molar-refractivity contribution in [3.63, 3.8) is 0 Å². The molecule has 0 spiro atoms. The lowest BCUT2D eigenvalue weighted by Crippen LogP contribution is -2.22. The van der Waals surface area contributed by atoms with Gasteiger partial charge >= 0.3 is 0 Å². The zero-order valence-electron chi connectivity index (χ0n) is 7.21. The lowest BCUT2D eigenvalue weighted by atomic mass is 10.5. The van der Waals surface area contributed by atoms with Crippen molar-refractivity contribution in [1.29, 1.82) is 0 Å². The summed E-state index contributed by atoms with van der Waals surface area (Å²) in [5.41, 5.74) is 0.364. The highest BCUT2D eigenvalue weighted by molar-refractivity contribution is 7.97. The van der Waals surface area contributed by atoms with Crippen LogP contribution in [0.3, 0.4) is 0 Å². The summed E-state index contributed by atoms with van der Waals surface area (Å²) in [6.07, 6.45) is 0. The second-order valence-electron chi connectivity index (χ2n) is 2.56. The van der Waals surface area contributed by atoms with Gasteiger partial charge in [0.1, 0.15) is 5.15 Å². The SMILES string of the molecule is Cc1cc(Cl)nc(S(=O)(=O)C(Cl)(Cl)Cl)n1. The van der Waals surface area contributed by atoms with Crippen LogP contribution in [0.25, 0.3) is 0 Å². The van der Waals surface area contributed by atoms with Crippen LogP contribution in [0.5, 0.6) is 0 Å². The maximum absolute atomic E-state index is 11.6. The van der Waals surface area contributed by atoms with E-state index < -0.39 is 18.1 Å². The number of halogens is 4. The average molecular weight is 310 g/mol. The molecular weight excluding hydrogens is 306 g/mol. The van der Waals surface area contributed by atoms with E-state index in [4.69, 9.17) is 46.4 Å². The van der Waals surface area contributed by atoms with Crippen molar-refractivity contribution in [3.05, 3.63) is 16.9 Å². The van der Waals surface area contributed by atoms with Crippen molar-refractivity contribution in [2.45, 2.75) is 15.2 Å². The van der Waals surface area contributed by atoms with E-state index in [1.165, 1.54) is 6.07 Å². The molecule has 0 aromatic carbocycles. The zero-order chi connectivity index (χ0) is 11.9. The van der Waals surface area contributed by atoms with E-state index in [0.29, 0.717) is 5.69 Å². The maximum atomic E-state index is 11.6. The van der Waals surface area contributed by atoms with Gasteiger partial charge in [-0.2, -0.15) is 0 Å². The molecule has 0 aliphatic rings. The lowest BCUT2D eigenvalue weighted by Gasteiger charge is -2.10. The number of aryl methyl sites for hydroxylation is 1. The number of aromatic nitrogens is 2. The van der Waals surface area contributed by atoms with Crippen LogP contribution < -0.4 is 0 Å². The first-order chi connectivity index (χ1) is 6.64. The third-order valence-corrected chi connectivity index (χ3v) is 4.64. The molecule has 0 saturated heterocycles. The predicted octanol–water partition coefficient (Wildman–Crippen LogP) is 2.54. The van der Waals surface area contributed by atoms with Crippen molar-refractivity contribution in [2.75, 3.05) is 0 Å². The summed E-state index contributed by atoms with van der Waals surface area (Å²) in [4.78, 5) is 7.12. The van der Waals surface area contributed by atoms with Crippen LogP contribution in [-0.4, -0.2) is 21.5 Å². The molecular formula is C6H4Cl4N2O2S. The number of hydrogen-bond acceptors (Lipinski definition) is 4. The summed E-state index contributed by atoms with van der Waals surface area (Å²) in [6, 6.07) is 1.39. The van der Waals surface area contributed by atoms with E-state index in [1.807, 2.05) is 0 Å². The van der Waals surface area contributed by atoms with E-state index in [2.05, 4.69) is 9.97 Å². The van der Waals surface area contributed by atoms with Gasteiger partial charge in [-0.3, -0.25) is 0 Å². The zero-order valence-corrected chi connectivity index (χ0v) is 11.0. The number of nitrogens with zero attached hydrogens (tertiary/aromatic N) is 2. The minimum absolute atomic E-state index is 0.0321. The normalized spacial score (nSPS) is 12.9. The summed E-state index contributed by atoms with van der Waals surface area (Å²) in [7, 11) is -4.23. The van der Waals surface area contributed by atoms with E-state index in [1.54, 1.807) is 6.92 Å². The van der Waals surface area contributed by atoms with Crippen molar-refractivity contribution in [3.8, 4) is 0 Å². The molecule has 1 rings (SSSR count). The third-order valence-electron chi connectivity index (χ3n) is 1.35. The largest absolute Gasteiger partial charge is 0.300 e. The Morgan fingerprint density at radius 3 is 2.20 bits per heavy atom. The van der Waals surface area contributed by atoms with E-state index >= 15 is 0 Å². The second-order valence-corrected chi connectivity index (χ2v) is 7.89. The van der Waals surface area contributed by atoms with Gasteiger partial charge in [0, 0.05) is 5.69 Å². The van der Waals surface area contributed by atoms with Crippen molar-refractivity contribution in [1.82, 2.24) is 9.97 Å². The molecule has 0 bridgehead atoms. The highest BCUT2D eigenvalue weighted by Crippen LogP contribution is 2.36.